The number of amidine groups is 1. The van der Waals surface area contributed by atoms with Crippen molar-refractivity contribution in [3.05, 3.63) is 11.6 Å². The smallest absolute Gasteiger partial charge is 0.151 e. The molecule has 176 valence electrons. The van der Waals surface area contributed by atoms with Crippen molar-refractivity contribution in [3.8, 4) is 0 Å². The van der Waals surface area contributed by atoms with Gasteiger partial charge >= 0.3 is 0 Å². The highest BCUT2D eigenvalue weighted by Gasteiger charge is 2.59. The van der Waals surface area contributed by atoms with Crippen molar-refractivity contribution in [2.24, 2.45) is 52.1 Å². The normalized spacial score (nSPS) is 43.0. The summed E-state index contributed by atoms with van der Waals surface area (Å²) in [7, 11) is 0. The van der Waals surface area contributed by atoms with E-state index in [0.29, 0.717) is 21.2 Å². The molecule has 0 heterocycles. The van der Waals surface area contributed by atoms with E-state index in [9.17, 15) is 0 Å². The van der Waals surface area contributed by atoms with Gasteiger partial charge in [-0.15, -0.1) is 0 Å². The van der Waals surface area contributed by atoms with Crippen molar-refractivity contribution >= 4 is 16.9 Å². The molecule has 8 atom stereocenters. The van der Waals surface area contributed by atoms with E-state index in [-0.39, 0.29) is 0 Å². The highest BCUT2D eigenvalue weighted by Crippen LogP contribution is 2.67. The van der Waals surface area contributed by atoms with Crippen LogP contribution in [0.5, 0.6) is 0 Å². The standard InChI is InChI=1S/C28H48N2S/c1-18(2)7-6-8-19(3)23-11-12-24-22-10-9-20-17-21(31-26(29)30)13-15-27(20,4)25(22)14-16-28(23,24)5/h9,18-19,21-25H,6-8,10-17H2,1-5H3,(H3,29,30)/t19-,21+,22+,23-,24+,25+,27+,28-/m1/s1. The summed E-state index contributed by atoms with van der Waals surface area (Å²) in [6, 6.07) is 0. The lowest BCUT2D eigenvalue weighted by Gasteiger charge is -2.58. The van der Waals surface area contributed by atoms with Crippen LogP contribution in [0.3, 0.4) is 0 Å². The number of fused-ring (bicyclic) bond motifs is 5. The van der Waals surface area contributed by atoms with Gasteiger partial charge in [-0.2, -0.15) is 0 Å². The molecule has 0 radical (unpaired) electrons. The molecular formula is C28H48N2S. The fourth-order valence-electron chi connectivity index (χ4n) is 8.93. The predicted molar refractivity (Wildman–Crippen MR) is 136 cm³/mol. The lowest BCUT2D eigenvalue weighted by atomic mass is 9.47. The van der Waals surface area contributed by atoms with Crippen molar-refractivity contribution in [1.29, 1.82) is 5.41 Å². The third-order valence-corrected chi connectivity index (χ3v) is 11.5. The van der Waals surface area contributed by atoms with Gasteiger partial charge in [-0.3, -0.25) is 5.41 Å². The van der Waals surface area contributed by atoms with Crippen LogP contribution in [0.1, 0.15) is 105 Å². The molecule has 3 saturated carbocycles. The zero-order valence-corrected chi connectivity index (χ0v) is 21.7. The van der Waals surface area contributed by atoms with Crippen LogP contribution in [0.2, 0.25) is 0 Å². The van der Waals surface area contributed by atoms with Crippen LogP contribution in [0.25, 0.3) is 0 Å². The summed E-state index contributed by atoms with van der Waals surface area (Å²) < 4.78 is 0. The van der Waals surface area contributed by atoms with Crippen molar-refractivity contribution < 1.29 is 0 Å². The Morgan fingerprint density at radius 1 is 1.10 bits per heavy atom. The summed E-state index contributed by atoms with van der Waals surface area (Å²) in [6.07, 6.45) is 17.8. The number of thioether (sulfide) groups is 1. The second kappa shape index (κ2) is 9.07. The van der Waals surface area contributed by atoms with Crippen LogP contribution < -0.4 is 5.73 Å². The fourth-order valence-corrected chi connectivity index (χ4v) is 9.79. The van der Waals surface area contributed by atoms with E-state index < -0.39 is 0 Å². The second-order valence-electron chi connectivity index (χ2n) is 12.6. The van der Waals surface area contributed by atoms with Gasteiger partial charge in [-0.05, 0) is 97.7 Å². The van der Waals surface area contributed by atoms with E-state index in [1.165, 1.54) is 70.6 Å². The fraction of sp³-hybridized carbons (Fsp3) is 0.893. The minimum atomic E-state index is 0.302. The molecule has 31 heavy (non-hydrogen) atoms. The highest BCUT2D eigenvalue weighted by molar-refractivity contribution is 8.14. The molecular weight excluding hydrogens is 396 g/mol. The summed E-state index contributed by atoms with van der Waals surface area (Å²) in [4.78, 5) is 0. The maximum absolute atomic E-state index is 7.70. The molecule has 0 aromatic heterocycles. The molecule has 2 nitrogen and oxygen atoms in total. The summed E-state index contributed by atoms with van der Waals surface area (Å²) in [5.74, 6) is 5.45. The van der Waals surface area contributed by atoms with Crippen LogP contribution in [0, 0.1) is 51.7 Å². The molecule has 4 aliphatic rings. The lowest BCUT2D eigenvalue weighted by molar-refractivity contribution is -0.0497. The number of allylic oxidation sites excluding steroid dienone is 2. The summed E-state index contributed by atoms with van der Waals surface area (Å²) >= 11 is 1.61. The Labute approximate surface area is 196 Å². The molecule has 0 spiro atoms. The van der Waals surface area contributed by atoms with Crippen molar-refractivity contribution in [2.75, 3.05) is 0 Å². The monoisotopic (exact) mass is 444 g/mol. The van der Waals surface area contributed by atoms with Crippen molar-refractivity contribution in [1.82, 2.24) is 0 Å². The Hall–Kier alpha value is -0.440. The molecule has 0 bridgehead atoms. The van der Waals surface area contributed by atoms with Crippen LogP contribution in [0.15, 0.2) is 11.6 Å². The third-order valence-electron chi connectivity index (χ3n) is 10.6. The van der Waals surface area contributed by atoms with E-state index in [1.54, 1.807) is 17.3 Å². The van der Waals surface area contributed by atoms with E-state index in [2.05, 4.69) is 40.7 Å². The number of hydrogen-bond donors (Lipinski definition) is 2. The molecule has 3 N–H and O–H groups in total. The van der Waals surface area contributed by atoms with Gasteiger partial charge in [0.25, 0.3) is 0 Å². The van der Waals surface area contributed by atoms with Gasteiger partial charge in [0.2, 0.25) is 0 Å². The minimum absolute atomic E-state index is 0.302. The first-order valence-corrected chi connectivity index (χ1v) is 14.2. The topological polar surface area (TPSA) is 49.9 Å². The number of rotatable bonds is 6. The van der Waals surface area contributed by atoms with Crippen LogP contribution in [-0.4, -0.2) is 10.4 Å². The van der Waals surface area contributed by atoms with Gasteiger partial charge in [0.05, 0.1) is 0 Å². The van der Waals surface area contributed by atoms with Crippen LogP contribution in [-0.2, 0) is 0 Å². The largest absolute Gasteiger partial charge is 0.379 e. The average Bonchev–Trinajstić information content (AvgIpc) is 3.05. The lowest BCUT2D eigenvalue weighted by Crippen LogP contribution is -2.50. The maximum Gasteiger partial charge on any atom is 0.151 e. The summed E-state index contributed by atoms with van der Waals surface area (Å²) in [6.45, 7) is 12.6. The van der Waals surface area contributed by atoms with Gasteiger partial charge in [0.1, 0.15) is 0 Å². The van der Waals surface area contributed by atoms with Gasteiger partial charge in [-0.1, -0.05) is 77.3 Å². The second-order valence-corrected chi connectivity index (χ2v) is 14.0. The van der Waals surface area contributed by atoms with Crippen molar-refractivity contribution in [2.45, 2.75) is 110 Å². The number of nitrogens with two attached hydrogens (primary N) is 1. The van der Waals surface area contributed by atoms with Gasteiger partial charge < -0.3 is 5.73 Å². The molecule has 0 aliphatic heterocycles. The molecule has 4 rings (SSSR count). The molecule has 3 fully saturated rings. The quantitative estimate of drug-likeness (QED) is 0.247. The zero-order chi connectivity index (χ0) is 22.4. The molecule has 4 aliphatic carbocycles. The van der Waals surface area contributed by atoms with Crippen LogP contribution in [0.4, 0.5) is 0 Å². The third kappa shape index (κ3) is 4.38. The van der Waals surface area contributed by atoms with E-state index in [0.717, 1.165) is 35.5 Å². The van der Waals surface area contributed by atoms with Crippen molar-refractivity contribution in [3.63, 3.8) is 0 Å². The van der Waals surface area contributed by atoms with Crippen LogP contribution >= 0.6 is 11.8 Å². The summed E-state index contributed by atoms with van der Waals surface area (Å²) in [5, 5.41) is 8.53. The molecule has 0 aromatic carbocycles. The number of hydrogen-bond acceptors (Lipinski definition) is 2. The first-order valence-electron chi connectivity index (χ1n) is 13.4. The van der Waals surface area contributed by atoms with E-state index >= 15 is 0 Å². The maximum atomic E-state index is 7.70. The van der Waals surface area contributed by atoms with E-state index in [1.807, 2.05) is 0 Å². The Bertz CT molecular complexity index is 699. The SMILES string of the molecule is CC(C)CCC[C@@H](C)[C@H]1CC[C@H]2[C@@H]3CC=C4C[C@@H](SC(=N)N)CC[C@]4(C)[C@H]3CC[C@]12C. The minimum Gasteiger partial charge on any atom is -0.379 e. The molecule has 0 aromatic rings. The molecule has 3 heteroatoms. The number of nitrogens with one attached hydrogen (secondary N) is 1. The Morgan fingerprint density at radius 3 is 2.58 bits per heavy atom. The predicted octanol–water partition coefficient (Wildman–Crippen LogP) is 8.02. The van der Waals surface area contributed by atoms with Gasteiger partial charge in [0, 0.05) is 5.25 Å². The first kappa shape index (κ1) is 23.7. The first-order chi connectivity index (χ1) is 14.6. The zero-order valence-electron chi connectivity index (χ0n) is 20.9. The average molecular weight is 445 g/mol. The molecule has 0 amide bonds. The molecule has 0 unspecified atom stereocenters. The van der Waals surface area contributed by atoms with Gasteiger partial charge in [-0.25, -0.2) is 0 Å². The Balaban J connectivity index is 1.47. The molecule has 0 saturated heterocycles. The van der Waals surface area contributed by atoms with E-state index in [4.69, 9.17) is 11.1 Å². The Morgan fingerprint density at radius 2 is 1.87 bits per heavy atom. The highest BCUT2D eigenvalue weighted by atomic mass is 32.2. The Kier molecular flexibility index (Phi) is 6.94. The van der Waals surface area contributed by atoms with Gasteiger partial charge in [0.15, 0.2) is 5.17 Å². The summed E-state index contributed by atoms with van der Waals surface area (Å²) in [5.41, 5.74) is 8.43.